The van der Waals surface area contributed by atoms with E-state index in [0.29, 0.717) is 16.9 Å². The number of ether oxygens (including phenoxy) is 1. The summed E-state index contributed by atoms with van der Waals surface area (Å²) in [6.07, 6.45) is -6.43. The second-order valence-corrected chi connectivity index (χ2v) is 9.48. The molecule has 2 unspecified atom stereocenters. The maximum atomic E-state index is 12.9. The van der Waals surface area contributed by atoms with Gasteiger partial charge in [0.25, 0.3) is 5.91 Å². The number of carbonyl (C=O) groups excluding carboxylic acids is 1. The first-order valence-electron chi connectivity index (χ1n) is 12.0. The molecule has 2 atom stereocenters. The number of benzene rings is 3. The van der Waals surface area contributed by atoms with Crippen LogP contribution >= 0.6 is 0 Å². The first kappa shape index (κ1) is 28.7. The number of carboxylic acid groups (broad SMARTS) is 1. The molecule has 0 aliphatic rings. The molecule has 0 radical (unpaired) electrons. The SMILES string of the molecule is Cc1cc(OC(c2ccc(C(=O)NCC(O)C(=O)O)cc2)C(C)C)cc(C)c1-c1ccc(C(F)(F)F)cc1. The van der Waals surface area contributed by atoms with Crippen LogP contribution in [0.1, 0.15) is 52.6 Å². The van der Waals surface area contributed by atoms with Crippen LogP contribution in [0.15, 0.2) is 60.7 Å². The molecule has 0 bridgehead atoms. The van der Waals surface area contributed by atoms with Crippen LogP contribution in [0.2, 0.25) is 0 Å². The number of hydrogen-bond donors (Lipinski definition) is 3. The van der Waals surface area contributed by atoms with E-state index in [1.165, 1.54) is 12.1 Å². The van der Waals surface area contributed by atoms with Gasteiger partial charge in [-0.05, 0) is 84.0 Å². The number of aliphatic hydroxyl groups excluding tert-OH is 1. The van der Waals surface area contributed by atoms with E-state index in [0.717, 1.165) is 34.4 Å². The number of rotatable bonds is 9. The van der Waals surface area contributed by atoms with Crippen molar-refractivity contribution in [3.63, 3.8) is 0 Å². The zero-order valence-corrected chi connectivity index (χ0v) is 21.5. The van der Waals surface area contributed by atoms with Crippen LogP contribution in [0.3, 0.4) is 0 Å². The molecule has 6 nitrogen and oxygen atoms in total. The molecule has 3 aromatic carbocycles. The molecule has 38 heavy (non-hydrogen) atoms. The van der Waals surface area contributed by atoms with Crippen molar-refractivity contribution < 1.29 is 37.7 Å². The monoisotopic (exact) mass is 529 g/mol. The summed E-state index contributed by atoms with van der Waals surface area (Å²) < 4.78 is 45.2. The lowest BCUT2D eigenvalue weighted by molar-refractivity contribution is -0.146. The van der Waals surface area contributed by atoms with Crippen LogP contribution in [0.4, 0.5) is 13.2 Å². The summed E-state index contributed by atoms with van der Waals surface area (Å²) in [6, 6.07) is 15.5. The van der Waals surface area contributed by atoms with E-state index in [4.69, 9.17) is 9.84 Å². The van der Waals surface area contributed by atoms with Crippen molar-refractivity contribution in [3.8, 4) is 16.9 Å². The van der Waals surface area contributed by atoms with Crippen LogP contribution in [0.5, 0.6) is 5.75 Å². The zero-order chi connectivity index (χ0) is 28.2. The van der Waals surface area contributed by atoms with E-state index in [9.17, 15) is 27.9 Å². The third-order valence-electron chi connectivity index (χ3n) is 6.12. The van der Waals surface area contributed by atoms with Crippen LogP contribution in [0, 0.1) is 19.8 Å². The van der Waals surface area contributed by atoms with Gasteiger partial charge in [-0.25, -0.2) is 4.79 Å². The Balaban J connectivity index is 1.78. The van der Waals surface area contributed by atoms with Crippen molar-refractivity contribution in [3.05, 3.63) is 88.5 Å². The predicted octanol–water partition coefficient (Wildman–Crippen LogP) is 5.94. The molecule has 3 N–H and O–H groups in total. The summed E-state index contributed by atoms with van der Waals surface area (Å²) in [4.78, 5) is 23.0. The Bertz CT molecular complexity index is 1260. The zero-order valence-electron chi connectivity index (χ0n) is 21.5. The minimum atomic E-state index is -4.39. The Kier molecular flexibility index (Phi) is 8.83. The van der Waals surface area contributed by atoms with Crippen molar-refractivity contribution in [2.45, 2.75) is 46.1 Å². The first-order valence-corrected chi connectivity index (χ1v) is 12.0. The van der Waals surface area contributed by atoms with E-state index in [-0.39, 0.29) is 12.0 Å². The maximum absolute atomic E-state index is 12.9. The van der Waals surface area contributed by atoms with Crippen LogP contribution in [-0.4, -0.2) is 34.7 Å². The Morgan fingerprint density at radius 2 is 1.50 bits per heavy atom. The second kappa shape index (κ2) is 11.7. The van der Waals surface area contributed by atoms with Gasteiger partial charge in [-0.2, -0.15) is 13.2 Å². The molecule has 0 saturated heterocycles. The summed E-state index contributed by atoms with van der Waals surface area (Å²) in [5.41, 5.74) is 3.68. The minimum Gasteiger partial charge on any atom is -0.485 e. The van der Waals surface area contributed by atoms with E-state index < -0.39 is 36.3 Å². The lowest BCUT2D eigenvalue weighted by Gasteiger charge is -2.24. The fourth-order valence-corrected chi connectivity index (χ4v) is 4.21. The number of hydrogen-bond acceptors (Lipinski definition) is 4. The van der Waals surface area contributed by atoms with Gasteiger partial charge >= 0.3 is 12.1 Å². The molecular weight excluding hydrogens is 499 g/mol. The maximum Gasteiger partial charge on any atom is 0.416 e. The summed E-state index contributed by atoms with van der Waals surface area (Å²) >= 11 is 0. The highest BCUT2D eigenvalue weighted by molar-refractivity contribution is 5.94. The van der Waals surface area contributed by atoms with Crippen LogP contribution < -0.4 is 10.1 Å². The third kappa shape index (κ3) is 6.92. The van der Waals surface area contributed by atoms with E-state index in [2.05, 4.69) is 5.32 Å². The van der Waals surface area contributed by atoms with Gasteiger partial charge in [0, 0.05) is 5.56 Å². The minimum absolute atomic E-state index is 0.0654. The average Bonchev–Trinajstić information content (AvgIpc) is 2.85. The Morgan fingerprint density at radius 1 is 0.947 bits per heavy atom. The van der Waals surface area contributed by atoms with Crippen LogP contribution in [0.25, 0.3) is 11.1 Å². The van der Waals surface area contributed by atoms with Gasteiger partial charge in [0.05, 0.1) is 12.1 Å². The van der Waals surface area contributed by atoms with Crippen molar-refractivity contribution in [2.75, 3.05) is 6.54 Å². The summed E-state index contributed by atoms with van der Waals surface area (Å²) in [6.45, 7) is 7.34. The third-order valence-corrected chi connectivity index (χ3v) is 6.12. The Hall–Kier alpha value is -3.85. The number of alkyl halides is 3. The molecule has 0 heterocycles. The van der Waals surface area contributed by atoms with Gasteiger partial charge < -0.3 is 20.3 Å². The standard InChI is InChI=1S/C29H30F3NO5/c1-16(2)26(20-5-7-21(8-6-20)27(35)33-15-24(34)28(36)37)38-23-13-17(3)25(18(4)14-23)19-9-11-22(12-10-19)29(30,31)32/h5-14,16,24,26,34H,15H2,1-4H3,(H,33,35)(H,36,37). The molecule has 0 saturated carbocycles. The van der Waals surface area contributed by atoms with Gasteiger partial charge in [0.2, 0.25) is 0 Å². The molecule has 0 fully saturated rings. The van der Waals surface area contributed by atoms with E-state index >= 15 is 0 Å². The number of aryl methyl sites for hydroxylation is 2. The number of amides is 1. The second-order valence-electron chi connectivity index (χ2n) is 9.48. The number of aliphatic hydroxyl groups is 1. The molecule has 0 aromatic heterocycles. The van der Waals surface area contributed by atoms with Crippen molar-refractivity contribution >= 4 is 11.9 Å². The van der Waals surface area contributed by atoms with E-state index in [1.54, 1.807) is 24.3 Å². The summed E-state index contributed by atoms with van der Waals surface area (Å²) in [5, 5.41) is 20.4. The molecule has 3 rings (SSSR count). The van der Waals surface area contributed by atoms with Gasteiger partial charge in [0.1, 0.15) is 11.9 Å². The molecule has 0 aliphatic heterocycles. The number of halogens is 3. The summed E-state index contributed by atoms with van der Waals surface area (Å²) in [7, 11) is 0. The highest BCUT2D eigenvalue weighted by atomic mass is 19.4. The molecule has 0 spiro atoms. The largest absolute Gasteiger partial charge is 0.485 e. The summed E-state index contributed by atoms with van der Waals surface area (Å²) in [5.74, 6) is -1.26. The van der Waals surface area contributed by atoms with E-state index in [1.807, 2.05) is 39.8 Å². The molecule has 9 heteroatoms. The molecule has 3 aromatic rings. The van der Waals surface area contributed by atoms with Gasteiger partial charge in [0.15, 0.2) is 6.10 Å². The Labute approximate surface area is 219 Å². The van der Waals surface area contributed by atoms with Crippen molar-refractivity contribution in [2.24, 2.45) is 5.92 Å². The van der Waals surface area contributed by atoms with Crippen molar-refractivity contribution in [1.82, 2.24) is 5.32 Å². The predicted molar refractivity (Wildman–Crippen MR) is 137 cm³/mol. The van der Waals surface area contributed by atoms with Gasteiger partial charge in [-0.3, -0.25) is 4.79 Å². The highest BCUT2D eigenvalue weighted by Gasteiger charge is 2.30. The Morgan fingerprint density at radius 3 is 1.97 bits per heavy atom. The molecule has 0 aliphatic carbocycles. The fourth-order valence-electron chi connectivity index (χ4n) is 4.21. The topological polar surface area (TPSA) is 95.9 Å². The number of carbonyl (C=O) groups is 2. The lowest BCUT2D eigenvalue weighted by Crippen LogP contribution is -2.36. The highest BCUT2D eigenvalue weighted by Crippen LogP contribution is 2.36. The normalized spacial score (nSPS) is 13.2. The molecule has 1 amide bonds. The van der Waals surface area contributed by atoms with Crippen molar-refractivity contribution in [1.29, 1.82) is 0 Å². The first-order chi connectivity index (χ1) is 17.8. The average molecular weight is 530 g/mol. The smallest absolute Gasteiger partial charge is 0.416 e. The lowest BCUT2D eigenvalue weighted by atomic mass is 9.94. The van der Waals surface area contributed by atoms with Gasteiger partial charge in [-0.15, -0.1) is 0 Å². The number of carboxylic acids is 1. The molecule has 202 valence electrons. The van der Waals surface area contributed by atoms with Crippen LogP contribution in [-0.2, 0) is 11.0 Å². The quantitative estimate of drug-likeness (QED) is 0.319. The fraction of sp³-hybridized carbons (Fsp3) is 0.310. The number of nitrogens with one attached hydrogen (secondary N) is 1. The molecular formula is C29H30F3NO5. The van der Waals surface area contributed by atoms with Gasteiger partial charge in [-0.1, -0.05) is 38.1 Å². The number of aliphatic carboxylic acids is 1.